The Labute approximate surface area is 169 Å². The molecular formula is C21H26N2O6. The Balaban J connectivity index is 2.33. The predicted octanol–water partition coefficient (Wildman–Crippen LogP) is 1.12. The molecule has 8 nitrogen and oxygen atoms in total. The first-order chi connectivity index (χ1) is 14.0. The lowest BCUT2D eigenvalue weighted by Crippen LogP contribution is -2.38. The number of amides is 1. The van der Waals surface area contributed by atoms with E-state index in [1.54, 1.807) is 24.3 Å². The van der Waals surface area contributed by atoms with Crippen LogP contribution in [0, 0.1) is 0 Å². The molecular weight excluding hydrogens is 376 g/mol. The number of aliphatic hydroxyl groups is 3. The first kappa shape index (κ1) is 22.4. The Morgan fingerprint density at radius 3 is 2.31 bits per heavy atom. The van der Waals surface area contributed by atoms with Gasteiger partial charge >= 0.3 is 0 Å². The minimum absolute atomic E-state index is 0.224. The van der Waals surface area contributed by atoms with E-state index in [2.05, 4.69) is 5.32 Å². The van der Waals surface area contributed by atoms with Crippen molar-refractivity contribution >= 4 is 23.7 Å². The molecule has 0 spiro atoms. The van der Waals surface area contributed by atoms with E-state index < -0.39 is 18.6 Å². The van der Waals surface area contributed by atoms with Gasteiger partial charge in [-0.2, -0.15) is 0 Å². The van der Waals surface area contributed by atoms with Gasteiger partial charge < -0.3 is 35.8 Å². The average molecular weight is 402 g/mol. The van der Waals surface area contributed by atoms with Crippen LogP contribution >= 0.6 is 0 Å². The molecule has 0 saturated carbocycles. The molecule has 29 heavy (non-hydrogen) atoms. The number of carbonyl (C=O) groups excluding carboxylic acids is 1. The summed E-state index contributed by atoms with van der Waals surface area (Å²) < 4.78 is 10.5. The SMILES string of the molecule is COc1ccc(C=Cc2cc(CO)c(CO)c(OC)c2)cc1NC(=O)C(N)CO. The van der Waals surface area contributed by atoms with E-state index in [1.807, 2.05) is 18.2 Å². The van der Waals surface area contributed by atoms with Gasteiger partial charge in [0.15, 0.2) is 0 Å². The largest absolute Gasteiger partial charge is 0.496 e. The topological polar surface area (TPSA) is 134 Å². The fraction of sp³-hybridized carbons (Fsp3) is 0.286. The molecule has 0 fully saturated rings. The van der Waals surface area contributed by atoms with Gasteiger partial charge in [-0.15, -0.1) is 0 Å². The highest BCUT2D eigenvalue weighted by molar-refractivity contribution is 5.96. The van der Waals surface area contributed by atoms with Crippen molar-refractivity contribution in [3.05, 3.63) is 52.6 Å². The Morgan fingerprint density at radius 1 is 1.03 bits per heavy atom. The van der Waals surface area contributed by atoms with Crippen molar-refractivity contribution in [3.63, 3.8) is 0 Å². The molecule has 0 radical (unpaired) electrons. The van der Waals surface area contributed by atoms with Crippen LogP contribution in [0.15, 0.2) is 30.3 Å². The minimum atomic E-state index is -1.03. The third-order valence-corrected chi connectivity index (χ3v) is 4.36. The molecule has 0 aliphatic rings. The normalized spacial score (nSPS) is 12.1. The van der Waals surface area contributed by atoms with Crippen LogP contribution in [0.4, 0.5) is 5.69 Å². The molecule has 0 saturated heterocycles. The highest BCUT2D eigenvalue weighted by Crippen LogP contribution is 2.28. The van der Waals surface area contributed by atoms with Gasteiger partial charge in [-0.05, 0) is 41.0 Å². The average Bonchev–Trinajstić information content (AvgIpc) is 2.76. The quantitative estimate of drug-likeness (QED) is 0.397. The predicted molar refractivity (Wildman–Crippen MR) is 110 cm³/mol. The molecule has 0 aliphatic carbocycles. The van der Waals surface area contributed by atoms with Crippen molar-refractivity contribution in [2.45, 2.75) is 19.3 Å². The number of carbonyl (C=O) groups is 1. The molecule has 156 valence electrons. The van der Waals surface area contributed by atoms with Gasteiger partial charge in [0.1, 0.15) is 17.5 Å². The van der Waals surface area contributed by atoms with Gasteiger partial charge in [-0.1, -0.05) is 18.2 Å². The van der Waals surface area contributed by atoms with Crippen molar-refractivity contribution in [1.29, 1.82) is 0 Å². The van der Waals surface area contributed by atoms with Gasteiger partial charge in [-0.3, -0.25) is 4.79 Å². The number of aliphatic hydroxyl groups excluding tert-OH is 3. The van der Waals surface area contributed by atoms with E-state index in [-0.39, 0.29) is 13.2 Å². The lowest BCUT2D eigenvalue weighted by atomic mass is 10.0. The molecule has 0 bridgehead atoms. The van der Waals surface area contributed by atoms with Crippen LogP contribution in [-0.4, -0.2) is 48.1 Å². The summed E-state index contributed by atoms with van der Waals surface area (Å²) in [7, 11) is 2.98. The van der Waals surface area contributed by atoms with Gasteiger partial charge in [0.2, 0.25) is 5.91 Å². The van der Waals surface area contributed by atoms with Crippen LogP contribution in [0.5, 0.6) is 11.5 Å². The smallest absolute Gasteiger partial charge is 0.243 e. The van der Waals surface area contributed by atoms with E-state index in [4.69, 9.17) is 20.3 Å². The summed E-state index contributed by atoms with van der Waals surface area (Å²) in [5, 5.41) is 30.7. The van der Waals surface area contributed by atoms with Crippen LogP contribution in [0.25, 0.3) is 12.2 Å². The minimum Gasteiger partial charge on any atom is -0.496 e. The summed E-state index contributed by atoms with van der Waals surface area (Å²) in [5.74, 6) is 0.417. The number of nitrogens with one attached hydrogen (secondary N) is 1. The van der Waals surface area contributed by atoms with Crippen LogP contribution in [0.2, 0.25) is 0 Å². The Bertz CT molecular complexity index is 856. The van der Waals surface area contributed by atoms with Crippen molar-refractivity contribution < 1.29 is 29.6 Å². The first-order valence-electron chi connectivity index (χ1n) is 8.92. The molecule has 0 heterocycles. The summed E-state index contributed by atoms with van der Waals surface area (Å²) in [4.78, 5) is 12.0. The van der Waals surface area contributed by atoms with Crippen LogP contribution in [0.1, 0.15) is 22.3 Å². The molecule has 8 heteroatoms. The molecule has 0 aromatic heterocycles. The van der Waals surface area contributed by atoms with Gasteiger partial charge in [0, 0.05) is 5.56 Å². The molecule has 1 amide bonds. The molecule has 2 aromatic rings. The molecule has 1 unspecified atom stereocenters. The van der Waals surface area contributed by atoms with Crippen molar-refractivity contribution in [1.82, 2.24) is 0 Å². The van der Waals surface area contributed by atoms with Crippen molar-refractivity contribution in [2.24, 2.45) is 5.73 Å². The summed E-state index contributed by atoms with van der Waals surface area (Å²) in [6.07, 6.45) is 3.63. The van der Waals surface area contributed by atoms with Crippen molar-refractivity contribution in [2.75, 3.05) is 26.1 Å². The zero-order valence-corrected chi connectivity index (χ0v) is 16.4. The van der Waals surface area contributed by atoms with Crippen molar-refractivity contribution in [3.8, 4) is 11.5 Å². The van der Waals surface area contributed by atoms with Crippen LogP contribution < -0.4 is 20.5 Å². The second kappa shape index (κ2) is 10.6. The molecule has 2 rings (SSSR count). The lowest BCUT2D eigenvalue weighted by Gasteiger charge is -2.14. The Hall–Kier alpha value is -2.91. The maximum Gasteiger partial charge on any atom is 0.243 e. The summed E-state index contributed by atoms with van der Waals surface area (Å²) in [6.45, 7) is -0.926. The van der Waals surface area contributed by atoms with Gasteiger partial charge in [0.25, 0.3) is 0 Å². The van der Waals surface area contributed by atoms with Gasteiger partial charge in [-0.25, -0.2) is 0 Å². The Kier molecular flexibility index (Phi) is 8.17. The monoisotopic (exact) mass is 402 g/mol. The maximum atomic E-state index is 12.0. The third kappa shape index (κ3) is 5.55. The molecule has 1 atom stereocenters. The fourth-order valence-electron chi connectivity index (χ4n) is 2.75. The van der Waals surface area contributed by atoms with E-state index in [9.17, 15) is 15.0 Å². The second-order valence-electron chi connectivity index (χ2n) is 6.25. The van der Waals surface area contributed by atoms with Gasteiger partial charge in [0.05, 0.1) is 39.7 Å². The van der Waals surface area contributed by atoms with E-state index >= 15 is 0 Å². The molecule has 2 aromatic carbocycles. The van der Waals surface area contributed by atoms with E-state index in [0.717, 1.165) is 11.1 Å². The molecule has 0 aliphatic heterocycles. The standard InChI is InChI=1S/C21H26N2O6/c1-28-19-6-5-13(8-18(19)23-21(27)17(22)12-26)3-4-14-7-15(10-24)16(11-25)20(9-14)29-2/h3-9,17,24-26H,10-12,22H2,1-2H3,(H,23,27). The zero-order chi connectivity index (χ0) is 21.4. The number of hydrogen-bond acceptors (Lipinski definition) is 7. The van der Waals surface area contributed by atoms with E-state index in [1.165, 1.54) is 14.2 Å². The Morgan fingerprint density at radius 2 is 1.72 bits per heavy atom. The maximum absolute atomic E-state index is 12.0. The number of methoxy groups -OCH3 is 2. The number of ether oxygens (including phenoxy) is 2. The summed E-state index contributed by atoms with van der Waals surface area (Å²) in [5.41, 5.74) is 8.63. The number of nitrogens with two attached hydrogens (primary N) is 1. The van der Waals surface area contributed by atoms with Crippen LogP contribution in [0.3, 0.4) is 0 Å². The number of hydrogen-bond donors (Lipinski definition) is 5. The highest BCUT2D eigenvalue weighted by Gasteiger charge is 2.15. The molecule has 6 N–H and O–H groups in total. The van der Waals surface area contributed by atoms with Crippen LogP contribution in [-0.2, 0) is 18.0 Å². The zero-order valence-electron chi connectivity index (χ0n) is 16.4. The second-order valence-corrected chi connectivity index (χ2v) is 6.25. The van der Waals surface area contributed by atoms with E-state index in [0.29, 0.717) is 28.3 Å². The number of benzene rings is 2. The third-order valence-electron chi connectivity index (χ3n) is 4.36. The number of anilines is 1. The first-order valence-corrected chi connectivity index (χ1v) is 8.92. The number of rotatable bonds is 9. The highest BCUT2D eigenvalue weighted by atomic mass is 16.5. The summed E-state index contributed by atoms with van der Waals surface area (Å²) >= 11 is 0. The lowest BCUT2D eigenvalue weighted by molar-refractivity contribution is -0.118. The summed E-state index contributed by atoms with van der Waals surface area (Å²) in [6, 6.07) is 7.71. The fourth-order valence-corrected chi connectivity index (χ4v) is 2.75.